The van der Waals surface area contributed by atoms with Crippen LogP contribution in [0.2, 0.25) is 0 Å². The van der Waals surface area contributed by atoms with Gasteiger partial charge in [-0.25, -0.2) is 0 Å². The average Bonchev–Trinajstić information content (AvgIpc) is 3.87. The quantitative estimate of drug-likeness (QED) is 0.165. The second-order valence-electron chi connectivity index (χ2n) is 26.9. The summed E-state index contributed by atoms with van der Waals surface area (Å²) in [5.74, 6) is 0. The molecule has 78 heavy (non-hydrogen) atoms. The van der Waals surface area contributed by atoms with E-state index in [0.717, 1.165) is 0 Å². The minimum absolute atomic E-state index is 0.123. The van der Waals surface area contributed by atoms with E-state index in [0.29, 0.717) is 0 Å². The molecule has 10 aromatic rings. The van der Waals surface area contributed by atoms with Crippen molar-refractivity contribution in [2.75, 3.05) is 0 Å². The van der Waals surface area contributed by atoms with E-state index < -0.39 is 0 Å². The van der Waals surface area contributed by atoms with Crippen molar-refractivity contribution in [1.82, 2.24) is 0 Å². The molecule has 0 saturated heterocycles. The lowest BCUT2D eigenvalue weighted by molar-refractivity contribution is 0.521. The maximum absolute atomic E-state index is 2.63. The average molecular weight is 1010 g/mol. The summed E-state index contributed by atoms with van der Waals surface area (Å²) in [6, 6.07) is 76.1. The van der Waals surface area contributed by atoms with Gasteiger partial charge in [0.25, 0.3) is 0 Å². The van der Waals surface area contributed by atoms with Crippen molar-refractivity contribution >= 4 is 0 Å². The first kappa shape index (κ1) is 47.4. The number of rotatable bonds is 4. The fourth-order valence-corrected chi connectivity index (χ4v) is 16.0. The van der Waals surface area contributed by atoms with Crippen molar-refractivity contribution in [2.24, 2.45) is 0 Å². The Morgan fingerprint density at radius 2 is 0.333 bits per heavy atom. The molecule has 0 atom stereocenters. The van der Waals surface area contributed by atoms with Crippen LogP contribution in [0.5, 0.6) is 0 Å². The summed E-state index contributed by atoms with van der Waals surface area (Å²) in [7, 11) is 0. The van der Waals surface area contributed by atoms with Crippen molar-refractivity contribution in [3.8, 4) is 89.0 Å². The highest BCUT2D eigenvalue weighted by Crippen LogP contribution is 2.59. The van der Waals surface area contributed by atoms with Gasteiger partial charge in [0.05, 0.1) is 0 Å². The second kappa shape index (κ2) is 15.5. The molecule has 0 saturated carbocycles. The summed E-state index contributed by atoms with van der Waals surface area (Å²) >= 11 is 0. The monoisotopic (exact) mass is 1000 g/mol. The molecule has 0 fully saturated rings. The summed E-state index contributed by atoms with van der Waals surface area (Å²) in [6.45, 7) is 29.3. The lowest BCUT2D eigenvalue weighted by Gasteiger charge is -2.45. The molecule has 0 spiro atoms. The van der Waals surface area contributed by atoms with Crippen LogP contribution in [0.3, 0.4) is 0 Å². The largest absolute Gasteiger partial charge is 0.0619 e. The first-order chi connectivity index (χ1) is 37.2. The van der Waals surface area contributed by atoms with Gasteiger partial charge < -0.3 is 0 Å². The number of benzene rings is 10. The van der Waals surface area contributed by atoms with E-state index in [4.69, 9.17) is 0 Å². The molecule has 15 rings (SSSR count). The third-order valence-corrected chi connectivity index (χ3v) is 20.6. The van der Waals surface area contributed by atoms with Crippen LogP contribution in [0.1, 0.15) is 150 Å². The molecule has 5 aliphatic rings. The molecule has 0 bridgehead atoms. The van der Waals surface area contributed by atoms with Gasteiger partial charge in [-0.3, -0.25) is 0 Å². The minimum atomic E-state index is -0.345. The van der Waals surface area contributed by atoms with Gasteiger partial charge >= 0.3 is 0 Å². The minimum Gasteiger partial charge on any atom is -0.0619 e. The first-order valence-corrected chi connectivity index (χ1v) is 28.6. The van der Waals surface area contributed by atoms with Crippen LogP contribution in [-0.4, -0.2) is 0 Å². The van der Waals surface area contributed by atoms with Crippen LogP contribution in [0.25, 0.3) is 89.0 Å². The molecule has 10 aromatic carbocycles. The molecule has 0 N–H and O–H groups in total. The molecule has 380 valence electrons. The highest BCUT2D eigenvalue weighted by Gasteiger charge is 2.45. The van der Waals surface area contributed by atoms with Gasteiger partial charge in [0, 0.05) is 32.5 Å². The third-order valence-electron chi connectivity index (χ3n) is 20.6. The van der Waals surface area contributed by atoms with Crippen LogP contribution < -0.4 is 0 Å². The molecular weight excluding hydrogens is 937 g/mol. The normalized spacial score (nSPS) is 17.6. The van der Waals surface area contributed by atoms with E-state index in [1.807, 2.05) is 0 Å². The van der Waals surface area contributed by atoms with Crippen LogP contribution >= 0.6 is 0 Å². The molecule has 0 amide bonds. The summed E-state index contributed by atoms with van der Waals surface area (Å²) in [4.78, 5) is 0. The van der Waals surface area contributed by atoms with Gasteiger partial charge in [0.15, 0.2) is 0 Å². The van der Waals surface area contributed by atoms with E-state index in [1.54, 1.807) is 0 Å². The van der Waals surface area contributed by atoms with Gasteiger partial charge in [0.1, 0.15) is 0 Å². The van der Waals surface area contributed by atoms with Crippen LogP contribution in [-0.2, 0) is 32.5 Å². The highest BCUT2D eigenvalue weighted by molar-refractivity contribution is 5.95. The van der Waals surface area contributed by atoms with Gasteiger partial charge in [-0.1, -0.05) is 229 Å². The fraction of sp³-hybridized carbons (Fsp3) is 0.231. The zero-order valence-electron chi connectivity index (χ0n) is 47.5. The number of hydrogen-bond donors (Lipinski definition) is 0. The Hall–Kier alpha value is -7.80. The second-order valence-corrected chi connectivity index (χ2v) is 26.9. The number of hydrogen-bond acceptors (Lipinski definition) is 0. The Morgan fingerprint density at radius 3 is 0.551 bits per heavy atom. The van der Waals surface area contributed by atoms with Gasteiger partial charge in [-0.05, 0) is 204 Å². The lowest BCUT2D eigenvalue weighted by Crippen LogP contribution is -2.37. The summed E-state index contributed by atoms with van der Waals surface area (Å²) in [6.07, 6.45) is 0. The molecule has 0 heterocycles. The Morgan fingerprint density at radius 1 is 0.154 bits per heavy atom. The van der Waals surface area contributed by atoms with E-state index in [1.165, 1.54) is 156 Å². The first-order valence-electron chi connectivity index (χ1n) is 28.6. The predicted molar refractivity (Wildman–Crippen MR) is 329 cm³/mol. The van der Waals surface area contributed by atoms with Crippen LogP contribution in [0.15, 0.2) is 194 Å². The van der Waals surface area contributed by atoms with Gasteiger partial charge in [-0.15, -0.1) is 0 Å². The standard InChI is InChI=1S/C78H68/c1-73(2)61-25-17-13-21-49(61)53-33-29-45(37-65(53)73)57-41-69-70(42-58(57)46-30-34-54-50-22-14-18-26-62(50)74(3,4)66(54)38-46)78(11,12)72-44-60(48-32-36-56-52-24-16-20-28-64(52)76(7,8)68(56)40-48)59(43-71(72)77(69,9)10)47-31-35-55-51-23-15-19-27-63(51)75(5,6)67(55)39-47/h13-44H,1-12H3. The molecule has 0 radical (unpaired) electrons. The molecular formula is C78H68. The Balaban J connectivity index is 0.968. The molecule has 0 aromatic heterocycles. The SMILES string of the molecule is CC1(C)c2ccccc2-c2ccc(-c3cc4c(cc3-c3ccc5c(c3)C(C)(C)c3ccccc3-5)C(C)(C)c3cc(-c5ccc6c(c5)C(C)(C)c5ccccc5-6)c(-c5ccc6c(c5)C(C)(C)c5ccccc5-6)cc3C4(C)C)cc21. The Labute approximate surface area is 462 Å². The Bertz CT molecular complexity index is 3760. The third kappa shape index (κ3) is 6.13. The van der Waals surface area contributed by atoms with E-state index in [2.05, 4.69) is 277 Å². The molecule has 0 heteroatoms. The summed E-state index contributed by atoms with van der Waals surface area (Å²) in [5.41, 5.74) is 36.7. The van der Waals surface area contributed by atoms with E-state index in [9.17, 15) is 0 Å². The zero-order valence-corrected chi connectivity index (χ0v) is 47.5. The van der Waals surface area contributed by atoms with Crippen molar-refractivity contribution in [3.05, 3.63) is 261 Å². The molecule has 0 unspecified atom stereocenters. The number of fused-ring (bicyclic) bond motifs is 14. The zero-order chi connectivity index (χ0) is 53.8. The van der Waals surface area contributed by atoms with Crippen molar-refractivity contribution in [2.45, 2.75) is 116 Å². The maximum atomic E-state index is 2.63. The van der Waals surface area contributed by atoms with E-state index >= 15 is 0 Å². The summed E-state index contributed by atoms with van der Waals surface area (Å²) < 4.78 is 0. The summed E-state index contributed by atoms with van der Waals surface area (Å²) in [5, 5.41) is 0. The fourth-order valence-electron chi connectivity index (χ4n) is 16.0. The maximum Gasteiger partial charge on any atom is 0.0159 e. The van der Waals surface area contributed by atoms with Crippen molar-refractivity contribution in [1.29, 1.82) is 0 Å². The molecule has 0 aliphatic heterocycles. The molecule has 0 nitrogen and oxygen atoms in total. The van der Waals surface area contributed by atoms with E-state index in [-0.39, 0.29) is 32.5 Å². The van der Waals surface area contributed by atoms with Gasteiger partial charge in [-0.2, -0.15) is 0 Å². The lowest BCUT2D eigenvalue weighted by atomic mass is 9.58. The molecule has 5 aliphatic carbocycles. The Kier molecular flexibility index (Phi) is 9.41. The van der Waals surface area contributed by atoms with Gasteiger partial charge in [0.2, 0.25) is 0 Å². The van der Waals surface area contributed by atoms with Crippen molar-refractivity contribution < 1.29 is 0 Å². The predicted octanol–water partition coefficient (Wildman–Crippen LogP) is 20.5. The smallest absolute Gasteiger partial charge is 0.0159 e. The van der Waals surface area contributed by atoms with Crippen LogP contribution in [0, 0.1) is 0 Å². The topological polar surface area (TPSA) is 0 Å². The van der Waals surface area contributed by atoms with Crippen molar-refractivity contribution in [3.63, 3.8) is 0 Å². The van der Waals surface area contributed by atoms with Crippen LogP contribution in [0.4, 0.5) is 0 Å². The highest BCUT2D eigenvalue weighted by atomic mass is 14.5.